The van der Waals surface area contributed by atoms with E-state index in [4.69, 9.17) is 20.8 Å². The van der Waals surface area contributed by atoms with Crippen LogP contribution in [0, 0.1) is 0 Å². The molecule has 0 aliphatic rings. The molecule has 3 nitrogen and oxygen atoms in total. The van der Waals surface area contributed by atoms with E-state index in [9.17, 15) is 0 Å². The number of rotatable bonds is 3. The van der Waals surface area contributed by atoms with Gasteiger partial charge in [0, 0.05) is 0 Å². The first kappa shape index (κ1) is 10.5. The second kappa shape index (κ2) is 4.11. The highest BCUT2D eigenvalue weighted by Gasteiger charge is 2.11. The monoisotopic (exact) mass is 203 g/mol. The van der Waals surface area contributed by atoms with Crippen molar-refractivity contribution >= 4 is 11.6 Å². The van der Waals surface area contributed by atoms with Gasteiger partial charge in [0.05, 0.1) is 17.7 Å². The Balaban J connectivity index is 2.46. The number of aromatic nitrogens is 1. The zero-order valence-corrected chi connectivity index (χ0v) is 8.89. The van der Waals surface area contributed by atoms with Gasteiger partial charge in [-0.2, -0.15) is 0 Å². The van der Waals surface area contributed by atoms with Crippen LogP contribution in [0.2, 0.25) is 0 Å². The highest BCUT2D eigenvalue weighted by Crippen LogP contribution is 2.13. The van der Waals surface area contributed by atoms with Crippen molar-refractivity contribution in [3.63, 3.8) is 0 Å². The van der Waals surface area contributed by atoms with E-state index in [1.165, 1.54) is 0 Å². The van der Waals surface area contributed by atoms with Gasteiger partial charge in [-0.3, -0.25) is 0 Å². The molecule has 0 amide bonds. The number of hydrogen-bond acceptors (Lipinski definition) is 3. The van der Waals surface area contributed by atoms with Gasteiger partial charge >= 0.3 is 0 Å². The summed E-state index contributed by atoms with van der Waals surface area (Å²) < 4.78 is 10.8. The van der Waals surface area contributed by atoms with Gasteiger partial charge in [-0.25, -0.2) is 4.98 Å². The molecule has 1 aromatic heterocycles. The molecular weight excluding hydrogens is 190 g/mol. The van der Waals surface area contributed by atoms with Gasteiger partial charge in [0.1, 0.15) is 12.4 Å². The minimum absolute atomic E-state index is 0.159. The first-order valence-corrected chi connectivity index (χ1v) is 4.68. The standard InChI is InChI=1S/C9H14ClNO2/c1-9(2,3)12-6-7-5-11-8(4-10)13-7/h5H,4,6H2,1-3H3. The molecule has 0 N–H and O–H groups in total. The highest BCUT2D eigenvalue weighted by atomic mass is 35.5. The quantitative estimate of drug-likeness (QED) is 0.709. The average molecular weight is 204 g/mol. The summed E-state index contributed by atoms with van der Waals surface area (Å²) in [7, 11) is 0. The lowest BCUT2D eigenvalue weighted by Crippen LogP contribution is -2.18. The molecule has 1 rings (SSSR count). The van der Waals surface area contributed by atoms with Crippen molar-refractivity contribution in [1.82, 2.24) is 4.98 Å². The predicted octanol–water partition coefficient (Wildman–Crippen LogP) is 2.73. The van der Waals surface area contributed by atoms with Crippen molar-refractivity contribution in [2.75, 3.05) is 0 Å². The van der Waals surface area contributed by atoms with Crippen LogP contribution in [0.25, 0.3) is 0 Å². The maximum Gasteiger partial charge on any atom is 0.209 e. The molecule has 0 bridgehead atoms. The van der Waals surface area contributed by atoms with E-state index in [1.54, 1.807) is 6.20 Å². The molecule has 0 radical (unpaired) electrons. The highest BCUT2D eigenvalue weighted by molar-refractivity contribution is 6.16. The molecule has 74 valence electrons. The minimum Gasteiger partial charge on any atom is -0.442 e. The van der Waals surface area contributed by atoms with Gasteiger partial charge in [0.25, 0.3) is 0 Å². The van der Waals surface area contributed by atoms with Crippen LogP contribution in [-0.2, 0) is 17.2 Å². The van der Waals surface area contributed by atoms with Gasteiger partial charge in [-0.15, -0.1) is 11.6 Å². The fourth-order valence-corrected chi connectivity index (χ4v) is 0.888. The van der Waals surface area contributed by atoms with Crippen LogP contribution in [0.5, 0.6) is 0 Å². The Hall–Kier alpha value is -0.540. The molecule has 0 aromatic carbocycles. The second-order valence-electron chi connectivity index (χ2n) is 3.75. The molecule has 0 atom stereocenters. The SMILES string of the molecule is CC(C)(C)OCc1cnc(CCl)o1. The molecule has 0 fully saturated rings. The van der Waals surface area contributed by atoms with Crippen LogP contribution in [0.4, 0.5) is 0 Å². The van der Waals surface area contributed by atoms with E-state index >= 15 is 0 Å². The zero-order chi connectivity index (χ0) is 9.90. The Bertz CT molecular complexity index is 265. The van der Waals surface area contributed by atoms with Crippen LogP contribution < -0.4 is 0 Å². The molecule has 13 heavy (non-hydrogen) atoms. The number of halogens is 1. The van der Waals surface area contributed by atoms with E-state index in [0.717, 1.165) is 0 Å². The Kier molecular flexibility index (Phi) is 3.33. The summed E-state index contributed by atoms with van der Waals surface area (Å²) in [5.41, 5.74) is -0.159. The Labute approximate surface area is 83.1 Å². The van der Waals surface area contributed by atoms with Gasteiger partial charge in [0.15, 0.2) is 0 Å². The second-order valence-corrected chi connectivity index (χ2v) is 4.02. The Morgan fingerprint density at radius 2 is 2.23 bits per heavy atom. The minimum atomic E-state index is -0.159. The average Bonchev–Trinajstić information content (AvgIpc) is 2.47. The van der Waals surface area contributed by atoms with Gasteiger partial charge in [0.2, 0.25) is 5.89 Å². The lowest BCUT2D eigenvalue weighted by molar-refractivity contribution is -0.0226. The number of nitrogens with zero attached hydrogens (tertiary/aromatic N) is 1. The topological polar surface area (TPSA) is 35.3 Å². The van der Waals surface area contributed by atoms with E-state index in [1.807, 2.05) is 20.8 Å². The van der Waals surface area contributed by atoms with E-state index < -0.39 is 0 Å². The summed E-state index contributed by atoms with van der Waals surface area (Å²) >= 11 is 5.53. The van der Waals surface area contributed by atoms with Gasteiger partial charge in [-0.1, -0.05) is 0 Å². The number of ether oxygens (including phenoxy) is 1. The molecule has 0 saturated heterocycles. The summed E-state index contributed by atoms with van der Waals surface area (Å²) in [6.45, 7) is 6.41. The van der Waals surface area contributed by atoms with Crippen molar-refractivity contribution < 1.29 is 9.15 Å². The van der Waals surface area contributed by atoms with Crippen LogP contribution in [0.15, 0.2) is 10.6 Å². The van der Waals surface area contributed by atoms with Crippen molar-refractivity contribution in [2.24, 2.45) is 0 Å². The lowest BCUT2D eigenvalue weighted by Gasteiger charge is -2.18. The molecule has 0 aliphatic heterocycles. The third-order valence-corrected chi connectivity index (χ3v) is 1.59. The van der Waals surface area contributed by atoms with Crippen molar-refractivity contribution in [3.8, 4) is 0 Å². The summed E-state index contributed by atoms with van der Waals surface area (Å²) in [6.07, 6.45) is 1.64. The summed E-state index contributed by atoms with van der Waals surface area (Å²) in [5, 5.41) is 0. The molecule has 0 saturated carbocycles. The van der Waals surface area contributed by atoms with Crippen molar-refractivity contribution in [1.29, 1.82) is 0 Å². The van der Waals surface area contributed by atoms with Gasteiger partial charge in [-0.05, 0) is 20.8 Å². The van der Waals surface area contributed by atoms with Crippen molar-refractivity contribution in [3.05, 3.63) is 17.8 Å². The van der Waals surface area contributed by atoms with Crippen LogP contribution in [0.1, 0.15) is 32.4 Å². The molecule has 0 spiro atoms. The van der Waals surface area contributed by atoms with Gasteiger partial charge < -0.3 is 9.15 Å². The lowest BCUT2D eigenvalue weighted by atomic mass is 10.2. The largest absolute Gasteiger partial charge is 0.442 e. The summed E-state index contributed by atoms with van der Waals surface area (Å²) in [4.78, 5) is 3.96. The van der Waals surface area contributed by atoms with Crippen LogP contribution in [0.3, 0.4) is 0 Å². The Morgan fingerprint density at radius 3 is 2.69 bits per heavy atom. The van der Waals surface area contributed by atoms with Crippen molar-refractivity contribution in [2.45, 2.75) is 38.9 Å². The maximum absolute atomic E-state index is 5.53. The number of hydrogen-bond donors (Lipinski definition) is 0. The maximum atomic E-state index is 5.53. The fraction of sp³-hybridized carbons (Fsp3) is 0.667. The molecule has 0 aliphatic carbocycles. The number of oxazole rings is 1. The third kappa shape index (κ3) is 3.79. The van der Waals surface area contributed by atoms with Crippen LogP contribution in [-0.4, -0.2) is 10.6 Å². The third-order valence-electron chi connectivity index (χ3n) is 1.36. The first-order chi connectivity index (χ1) is 6.01. The molecule has 4 heteroatoms. The first-order valence-electron chi connectivity index (χ1n) is 4.15. The molecular formula is C9H14ClNO2. The summed E-state index contributed by atoms with van der Waals surface area (Å²) in [5.74, 6) is 1.55. The zero-order valence-electron chi connectivity index (χ0n) is 8.13. The molecule has 1 heterocycles. The van der Waals surface area contributed by atoms with Crippen LogP contribution >= 0.6 is 11.6 Å². The normalized spacial score (nSPS) is 12.0. The molecule has 0 unspecified atom stereocenters. The predicted molar refractivity (Wildman–Crippen MR) is 50.6 cm³/mol. The fourth-order valence-electron chi connectivity index (χ4n) is 0.764. The van der Waals surface area contributed by atoms with E-state index in [-0.39, 0.29) is 5.60 Å². The Morgan fingerprint density at radius 1 is 1.54 bits per heavy atom. The van der Waals surface area contributed by atoms with E-state index in [2.05, 4.69) is 4.98 Å². The molecule has 1 aromatic rings. The van der Waals surface area contributed by atoms with E-state index in [0.29, 0.717) is 24.1 Å². The summed E-state index contributed by atoms with van der Waals surface area (Å²) in [6, 6.07) is 0. The smallest absolute Gasteiger partial charge is 0.209 e. The number of alkyl halides is 1.